The molecule has 0 aliphatic carbocycles. The van der Waals surface area contributed by atoms with Crippen LogP contribution in [0, 0.1) is 5.21 Å². The van der Waals surface area contributed by atoms with Gasteiger partial charge in [-0.05, 0) is 68.8 Å². The number of nitrogens with one attached hydrogen (secondary N) is 1. The van der Waals surface area contributed by atoms with Crippen LogP contribution in [0.2, 0.25) is 0 Å². The van der Waals surface area contributed by atoms with E-state index in [9.17, 15) is 10.0 Å². The zero-order chi connectivity index (χ0) is 28.0. The van der Waals surface area contributed by atoms with E-state index in [1.54, 1.807) is 49.2 Å². The third-order valence-corrected chi connectivity index (χ3v) is 6.84. The Morgan fingerprint density at radius 2 is 1.62 bits per heavy atom. The summed E-state index contributed by atoms with van der Waals surface area (Å²) in [4.78, 5) is 22.6. The predicted octanol–water partition coefficient (Wildman–Crippen LogP) is 4.97. The molecular formula is C29H35N5O5. The van der Waals surface area contributed by atoms with E-state index in [0.29, 0.717) is 72.8 Å². The highest BCUT2D eigenvalue weighted by Crippen LogP contribution is 2.30. The van der Waals surface area contributed by atoms with Gasteiger partial charge >= 0.3 is 0 Å². The number of hydroxylamine groups is 3. The van der Waals surface area contributed by atoms with E-state index < -0.39 is 0 Å². The van der Waals surface area contributed by atoms with Crippen molar-refractivity contribution in [3.8, 4) is 28.4 Å². The zero-order valence-electron chi connectivity index (χ0n) is 23.1. The second-order valence-corrected chi connectivity index (χ2v) is 9.09. The average molecular weight is 534 g/mol. The number of fused-ring (bicyclic) bond motifs is 1. The van der Waals surface area contributed by atoms with Gasteiger partial charge in [0.2, 0.25) is 5.95 Å². The summed E-state index contributed by atoms with van der Waals surface area (Å²) < 4.78 is 17.9. The van der Waals surface area contributed by atoms with E-state index in [1.165, 1.54) is 0 Å². The van der Waals surface area contributed by atoms with Gasteiger partial charge in [-0.25, -0.2) is 4.98 Å². The van der Waals surface area contributed by atoms with E-state index in [0.717, 1.165) is 11.1 Å². The summed E-state index contributed by atoms with van der Waals surface area (Å²) in [6.07, 6.45) is 1.70. The number of quaternary nitrogens is 1. The molecule has 0 saturated carbocycles. The number of pyridine rings is 1. The molecule has 2 aromatic heterocycles. The molecule has 206 valence electrons. The molecule has 0 fully saturated rings. The first-order chi connectivity index (χ1) is 18.8. The van der Waals surface area contributed by atoms with Crippen molar-refractivity contribution in [2.45, 2.75) is 27.3 Å². The summed E-state index contributed by atoms with van der Waals surface area (Å²) in [6.45, 7) is 7.93. The van der Waals surface area contributed by atoms with E-state index in [4.69, 9.17) is 14.2 Å². The molecule has 0 atom stereocenters. The minimum atomic E-state index is -0.267. The Kier molecular flexibility index (Phi) is 8.68. The van der Waals surface area contributed by atoms with Crippen LogP contribution in [0.1, 0.15) is 20.8 Å². The van der Waals surface area contributed by atoms with E-state index in [2.05, 4.69) is 15.3 Å². The fourth-order valence-corrected chi connectivity index (χ4v) is 4.32. The molecular weight excluding hydrogens is 498 g/mol. The molecule has 0 bridgehead atoms. The molecule has 0 saturated heterocycles. The number of hydrogen-bond acceptors (Lipinski definition) is 8. The lowest BCUT2D eigenvalue weighted by molar-refractivity contribution is -0.877. The van der Waals surface area contributed by atoms with Crippen LogP contribution >= 0.6 is 0 Å². The Morgan fingerprint density at radius 1 is 0.949 bits per heavy atom. The zero-order valence-corrected chi connectivity index (χ0v) is 23.1. The summed E-state index contributed by atoms with van der Waals surface area (Å²) in [7, 11) is 3.15. The number of anilines is 2. The predicted molar refractivity (Wildman–Crippen MR) is 153 cm³/mol. The number of ether oxygens (including phenoxy) is 3. The lowest BCUT2D eigenvalue weighted by Gasteiger charge is -2.40. The Balaban J connectivity index is 1.56. The summed E-state index contributed by atoms with van der Waals surface area (Å²) in [5, 5.41) is 16.3. The fourth-order valence-electron chi connectivity index (χ4n) is 4.32. The van der Waals surface area contributed by atoms with Gasteiger partial charge < -0.3 is 29.4 Å². The lowest BCUT2D eigenvalue weighted by atomic mass is 10.1. The maximum absolute atomic E-state index is 13.5. The van der Waals surface area contributed by atoms with Crippen molar-refractivity contribution in [3.05, 3.63) is 70.3 Å². The monoisotopic (exact) mass is 533 g/mol. The maximum atomic E-state index is 13.5. The Hall–Kier alpha value is -4.15. The van der Waals surface area contributed by atoms with E-state index in [1.807, 2.05) is 45.0 Å². The first-order valence-electron chi connectivity index (χ1n) is 13.0. The van der Waals surface area contributed by atoms with Gasteiger partial charge in [-0.15, -0.1) is 0 Å². The highest BCUT2D eigenvalue weighted by molar-refractivity contribution is 5.82. The first-order valence-corrected chi connectivity index (χ1v) is 13.0. The van der Waals surface area contributed by atoms with Crippen molar-refractivity contribution in [2.24, 2.45) is 0 Å². The van der Waals surface area contributed by atoms with Gasteiger partial charge in [-0.2, -0.15) is 4.98 Å². The second-order valence-electron chi connectivity index (χ2n) is 9.09. The van der Waals surface area contributed by atoms with Crippen molar-refractivity contribution < 1.29 is 18.9 Å². The number of rotatable bonds is 12. The number of aryl methyl sites for hydroxylation is 1. The number of benzene rings is 2. The number of nitrogens with zero attached hydrogens (tertiary/aromatic N) is 4. The Labute approximate surface area is 228 Å². The molecule has 0 radical (unpaired) electrons. The van der Waals surface area contributed by atoms with Crippen LogP contribution in [-0.4, -0.2) is 59.6 Å². The van der Waals surface area contributed by atoms with Gasteiger partial charge in [-0.1, -0.05) is 0 Å². The molecule has 4 rings (SSSR count). The Bertz CT molecular complexity index is 1460. The number of methoxy groups -OCH3 is 2. The van der Waals surface area contributed by atoms with Gasteiger partial charge in [0.1, 0.15) is 36.0 Å². The standard InChI is InChI=1S/C29H35N5O5/c1-6-33-27-21(17-26(28(33)35)20-15-24(37-4)18-25(16-20)38-5)19-30-29(32-27)31-22-9-11-23(12-10-22)39-14-13-34(36,7-2)8-3/h9-12,15-19H,6-8,13-14H2,1-5H3,(H,30,31,32). The lowest BCUT2D eigenvalue weighted by Crippen LogP contribution is -2.44. The smallest absolute Gasteiger partial charge is 0.260 e. The minimum Gasteiger partial charge on any atom is -0.633 e. The van der Waals surface area contributed by atoms with Gasteiger partial charge in [0.15, 0.2) is 0 Å². The molecule has 0 aliphatic rings. The van der Waals surface area contributed by atoms with Crippen LogP contribution in [0.25, 0.3) is 22.2 Å². The number of aromatic nitrogens is 3. The van der Waals surface area contributed by atoms with Crippen LogP contribution in [0.15, 0.2) is 59.5 Å². The third-order valence-electron chi connectivity index (χ3n) is 6.84. The molecule has 10 heteroatoms. The molecule has 2 aromatic carbocycles. The van der Waals surface area contributed by atoms with Crippen molar-refractivity contribution >= 4 is 22.7 Å². The highest BCUT2D eigenvalue weighted by Gasteiger charge is 2.15. The summed E-state index contributed by atoms with van der Waals surface area (Å²) in [5.74, 6) is 2.24. The van der Waals surface area contributed by atoms with E-state index >= 15 is 0 Å². The molecule has 0 amide bonds. The minimum absolute atomic E-state index is 0.168. The van der Waals surface area contributed by atoms with Crippen molar-refractivity contribution in [3.63, 3.8) is 0 Å². The first kappa shape index (κ1) is 27.9. The highest BCUT2D eigenvalue weighted by atomic mass is 16.6. The Morgan fingerprint density at radius 3 is 2.21 bits per heavy atom. The molecule has 10 nitrogen and oxygen atoms in total. The SMILES string of the molecule is CCn1c(=O)c(-c2cc(OC)cc(OC)c2)cc2cnc(Nc3ccc(OCC[N+]([O-])(CC)CC)cc3)nc21. The largest absolute Gasteiger partial charge is 0.633 e. The third kappa shape index (κ3) is 6.30. The summed E-state index contributed by atoms with van der Waals surface area (Å²) in [5.41, 5.74) is 2.33. The molecule has 0 unspecified atom stereocenters. The fraction of sp³-hybridized carbons (Fsp3) is 0.345. The molecule has 4 aromatic rings. The molecule has 0 spiro atoms. The normalized spacial score (nSPS) is 11.4. The molecule has 2 heterocycles. The van der Waals surface area contributed by atoms with Gasteiger partial charge in [0.25, 0.3) is 5.56 Å². The van der Waals surface area contributed by atoms with E-state index in [-0.39, 0.29) is 10.2 Å². The second kappa shape index (κ2) is 12.1. The van der Waals surface area contributed by atoms with Crippen LogP contribution < -0.4 is 25.1 Å². The summed E-state index contributed by atoms with van der Waals surface area (Å²) in [6, 6.07) is 14.5. The molecule has 1 N–H and O–H groups in total. The average Bonchev–Trinajstić information content (AvgIpc) is 2.97. The topological polar surface area (TPSA) is 111 Å². The molecule has 39 heavy (non-hydrogen) atoms. The molecule has 0 aliphatic heterocycles. The van der Waals surface area contributed by atoms with Crippen LogP contribution in [0.3, 0.4) is 0 Å². The van der Waals surface area contributed by atoms with Crippen LogP contribution in [0.4, 0.5) is 11.6 Å². The van der Waals surface area contributed by atoms with Gasteiger partial charge in [0, 0.05) is 35.4 Å². The van der Waals surface area contributed by atoms with Gasteiger partial charge in [-0.3, -0.25) is 9.36 Å². The van der Waals surface area contributed by atoms with Crippen molar-refractivity contribution in [1.29, 1.82) is 0 Å². The number of likely N-dealkylation sites (N-methyl/N-ethyl adjacent to an activating group) is 1. The maximum Gasteiger partial charge on any atom is 0.260 e. The number of hydrogen-bond donors (Lipinski definition) is 1. The van der Waals surface area contributed by atoms with Crippen LogP contribution in [-0.2, 0) is 6.54 Å². The van der Waals surface area contributed by atoms with Crippen molar-refractivity contribution in [2.75, 3.05) is 45.8 Å². The van der Waals surface area contributed by atoms with Crippen LogP contribution in [0.5, 0.6) is 17.2 Å². The van der Waals surface area contributed by atoms with Gasteiger partial charge in [0.05, 0.1) is 27.3 Å². The summed E-state index contributed by atoms with van der Waals surface area (Å²) >= 11 is 0. The quantitative estimate of drug-likeness (QED) is 0.201. The van der Waals surface area contributed by atoms with Crippen molar-refractivity contribution in [1.82, 2.24) is 14.5 Å².